The largest absolute Gasteiger partial charge is 0.390 e. The Morgan fingerprint density at radius 1 is 1.26 bits per heavy atom. The molecule has 1 spiro atoms. The molecule has 3 nitrogen and oxygen atoms in total. The van der Waals surface area contributed by atoms with E-state index in [1.165, 1.54) is 6.07 Å². The maximum absolute atomic E-state index is 12.9. The molecular weight excluding hydrogens is 348 g/mol. The van der Waals surface area contributed by atoms with E-state index in [0.29, 0.717) is 18.8 Å². The van der Waals surface area contributed by atoms with Gasteiger partial charge in [0.2, 0.25) is 5.91 Å². The van der Waals surface area contributed by atoms with Crippen molar-refractivity contribution in [3.63, 3.8) is 0 Å². The number of hydrogen-bond acceptors (Lipinski definition) is 2. The summed E-state index contributed by atoms with van der Waals surface area (Å²) >= 11 is 0. The lowest BCUT2D eigenvalue weighted by Crippen LogP contribution is -2.62. The number of benzene rings is 1. The fraction of sp³-hybridized carbons (Fsp3) is 0.682. The Morgan fingerprint density at radius 2 is 1.93 bits per heavy atom. The van der Waals surface area contributed by atoms with E-state index in [0.717, 1.165) is 50.8 Å². The van der Waals surface area contributed by atoms with Gasteiger partial charge in [-0.1, -0.05) is 24.3 Å². The lowest BCUT2D eigenvalue weighted by Gasteiger charge is -2.55. The van der Waals surface area contributed by atoms with Crippen molar-refractivity contribution in [2.24, 2.45) is 17.3 Å². The third-order valence-electron chi connectivity index (χ3n) is 6.98. The number of rotatable bonds is 4. The summed E-state index contributed by atoms with van der Waals surface area (Å²) in [6.07, 6.45) is 4.12. The van der Waals surface area contributed by atoms with Crippen LogP contribution < -0.4 is 0 Å². The summed E-state index contributed by atoms with van der Waals surface area (Å²) in [6.45, 7) is 3.52. The average molecular weight is 377 g/mol. The summed E-state index contributed by atoms with van der Waals surface area (Å²) in [7, 11) is 0. The number of nitrogens with zero attached hydrogens (tertiary/aromatic N) is 1. The van der Waals surface area contributed by atoms with Crippen LogP contribution in [0.5, 0.6) is 0 Å². The van der Waals surface area contributed by atoms with E-state index in [-0.39, 0.29) is 22.8 Å². The van der Waals surface area contributed by atoms with Gasteiger partial charge in [0.1, 0.15) is 0 Å². The quantitative estimate of drug-likeness (QED) is 0.848. The number of carbonyl (C=O) groups excluding carboxylic acids is 1. The lowest BCUT2D eigenvalue weighted by atomic mass is 9.64. The molecule has 5 heteroatoms. The Morgan fingerprint density at radius 3 is 2.52 bits per heavy atom. The second-order valence-electron chi connectivity index (χ2n) is 9.49. The van der Waals surface area contributed by atoms with E-state index >= 15 is 0 Å². The van der Waals surface area contributed by atoms with E-state index < -0.39 is 12.0 Å². The van der Waals surface area contributed by atoms with Crippen LogP contribution in [0.15, 0.2) is 24.3 Å². The molecule has 3 fully saturated rings. The van der Waals surface area contributed by atoms with Crippen LogP contribution >= 0.6 is 0 Å². The zero-order valence-electron chi connectivity index (χ0n) is 16.0. The number of aliphatic hydroxyl groups is 1. The van der Waals surface area contributed by atoms with Crippen LogP contribution in [0.3, 0.4) is 0 Å². The van der Waals surface area contributed by atoms with Gasteiger partial charge in [0.05, 0.1) is 5.60 Å². The van der Waals surface area contributed by atoms with Crippen molar-refractivity contribution in [2.75, 3.05) is 13.1 Å². The van der Waals surface area contributed by atoms with E-state index in [1.54, 1.807) is 19.1 Å². The second-order valence-corrected chi connectivity index (χ2v) is 9.49. The molecule has 0 bridgehead atoms. The maximum atomic E-state index is 12.9. The molecule has 3 aliphatic rings. The predicted molar refractivity (Wildman–Crippen MR) is 99.4 cm³/mol. The molecule has 0 radical (unpaired) electrons. The van der Waals surface area contributed by atoms with Gasteiger partial charge in [-0.2, -0.15) is 0 Å². The third-order valence-corrected chi connectivity index (χ3v) is 6.98. The van der Waals surface area contributed by atoms with Gasteiger partial charge < -0.3 is 10.0 Å². The third kappa shape index (κ3) is 3.89. The number of amides is 1. The highest BCUT2D eigenvalue weighted by Gasteiger charge is 2.51. The average Bonchev–Trinajstić information content (AvgIpc) is 2.58. The lowest BCUT2D eigenvalue weighted by molar-refractivity contribution is -0.163. The van der Waals surface area contributed by atoms with Gasteiger partial charge in [-0.15, -0.1) is 0 Å². The van der Waals surface area contributed by atoms with Crippen molar-refractivity contribution >= 4 is 5.91 Å². The molecule has 1 aliphatic heterocycles. The molecule has 1 saturated heterocycles. The fourth-order valence-corrected chi connectivity index (χ4v) is 5.35. The van der Waals surface area contributed by atoms with Gasteiger partial charge in [-0.3, -0.25) is 4.79 Å². The minimum Gasteiger partial charge on any atom is -0.390 e. The highest BCUT2D eigenvalue weighted by atomic mass is 19.3. The van der Waals surface area contributed by atoms with Crippen molar-refractivity contribution in [1.29, 1.82) is 0 Å². The van der Waals surface area contributed by atoms with E-state index in [4.69, 9.17) is 0 Å². The van der Waals surface area contributed by atoms with Crippen molar-refractivity contribution in [2.45, 2.75) is 63.9 Å². The summed E-state index contributed by atoms with van der Waals surface area (Å²) in [5, 5.41) is 9.83. The molecule has 2 saturated carbocycles. The first-order chi connectivity index (χ1) is 12.8. The van der Waals surface area contributed by atoms with Crippen LogP contribution in [0, 0.1) is 17.3 Å². The first kappa shape index (κ1) is 18.9. The minimum absolute atomic E-state index is 0.0100. The van der Waals surface area contributed by atoms with Gasteiger partial charge >= 0.3 is 0 Å². The van der Waals surface area contributed by atoms with Crippen molar-refractivity contribution in [1.82, 2.24) is 4.90 Å². The van der Waals surface area contributed by atoms with Crippen LogP contribution in [-0.2, 0) is 11.2 Å². The highest BCUT2D eigenvalue weighted by Crippen LogP contribution is 2.48. The number of likely N-dealkylation sites (tertiary alicyclic amines) is 1. The SMILES string of the molecule is CC1(O)CC(C(=O)N2CC3(CCC(Cc4cccc(C(F)F)c4)CC3)C2)C1. The van der Waals surface area contributed by atoms with Crippen molar-refractivity contribution in [3.05, 3.63) is 35.4 Å². The summed E-state index contributed by atoms with van der Waals surface area (Å²) in [4.78, 5) is 14.4. The second kappa shape index (κ2) is 6.84. The molecule has 1 aromatic rings. The van der Waals surface area contributed by atoms with E-state index in [9.17, 15) is 18.7 Å². The zero-order chi connectivity index (χ0) is 19.2. The standard InChI is InChI=1S/C22H29F2NO2/c1-21(27)11-18(12-21)20(26)25-13-22(14-25)7-5-15(6-8-22)9-16-3-2-4-17(10-16)19(23)24/h2-4,10,15,18-19,27H,5-9,11-14H2,1H3. The molecule has 1 aromatic carbocycles. The normalized spacial score (nSPS) is 30.3. The van der Waals surface area contributed by atoms with Crippen molar-refractivity contribution < 1.29 is 18.7 Å². The molecule has 1 heterocycles. The Bertz CT molecular complexity index is 694. The van der Waals surface area contributed by atoms with E-state index in [1.807, 2.05) is 11.0 Å². The van der Waals surface area contributed by atoms with Gasteiger partial charge in [-0.25, -0.2) is 8.78 Å². The molecule has 148 valence electrons. The summed E-state index contributed by atoms with van der Waals surface area (Å²) in [5.74, 6) is 0.781. The van der Waals surface area contributed by atoms with Crippen LogP contribution in [0.2, 0.25) is 0 Å². The number of carbonyl (C=O) groups is 1. The molecule has 0 unspecified atom stereocenters. The first-order valence-corrected chi connectivity index (χ1v) is 10.1. The van der Waals surface area contributed by atoms with Gasteiger partial charge in [-0.05, 0) is 63.4 Å². The fourth-order valence-electron chi connectivity index (χ4n) is 5.35. The Balaban J connectivity index is 1.24. The highest BCUT2D eigenvalue weighted by molar-refractivity contribution is 5.81. The molecule has 2 aliphatic carbocycles. The smallest absolute Gasteiger partial charge is 0.263 e. The number of hydrogen-bond donors (Lipinski definition) is 1. The molecule has 27 heavy (non-hydrogen) atoms. The molecule has 4 rings (SSSR count). The Labute approximate surface area is 159 Å². The van der Waals surface area contributed by atoms with Gasteiger partial charge in [0, 0.05) is 30.0 Å². The number of halogens is 2. The molecular formula is C22H29F2NO2. The van der Waals surface area contributed by atoms with Crippen LogP contribution in [0.4, 0.5) is 8.78 Å². The topological polar surface area (TPSA) is 40.5 Å². The van der Waals surface area contributed by atoms with Crippen LogP contribution in [-0.4, -0.2) is 34.6 Å². The summed E-state index contributed by atoms with van der Waals surface area (Å²) in [5.41, 5.74) is 0.755. The zero-order valence-corrected chi connectivity index (χ0v) is 16.0. The molecule has 0 aromatic heterocycles. The van der Waals surface area contributed by atoms with Gasteiger partial charge in [0.25, 0.3) is 6.43 Å². The number of alkyl halides is 2. The predicted octanol–water partition coefficient (Wildman–Crippen LogP) is 4.35. The monoisotopic (exact) mass is 377 g/mol. The maximum Gasteiger partial charge on any atom is 0.263 e. The van der Waals surface area contributed by atoms with Crippen LogP contribution in [0.1, 0.15) is 63.0 Å². The minimum atomic E-state index is -2.41. The summed E-state index contributed by atoms with van der Waals surface area (Å²) < 4.78 is 25.7. The van der Waals surface area contributed by atoms with Crippen molar-refractivity contribution in [3.8, 4) is 0 Å². The Hall–Kier alpha value is -1.49. The Kier molecular flexibility index (Phi) is 4.77. The molecule has 1 N–H and O–H groups in total. The molecule has 1 amide bonds. The molecule has 0 atom stereocenters. The first-order valence-electron chi connectivity index (χ1n) is 10.1. The summed E-state index contributed by atoms with van der Waals surface area (Å²) in [6, 6.07) is 6.82. The van der Waals surface area contributed by atoms with E-state index in [2.05, 4.69) is 0 Å². The van der Waals surface area contributed by atoms with Gasteiger partial charge in [0.15, 0.2) is 0 Å². The van der Waals surface area contributed by atoms with Crippen LogP contribution in [0.25, 0.3) is 0 Å².